The quantitative estimate of drug-likeness (QED) is 0.298. The molecule has 1 amide bonds. The van der Waals surface area contributed by atoms with Gasteiger partial charge < -0.3 is 10.3 Å². The summed E-state index contributed by atoms with van der Waals surface area (Å²) in [5.74, 6) is 1.37. The summed E-state index contributed by atoms with van der Waals surface area (Å²) in [4.78, 5) is 21.0. The number of anilines is 1. The van der Waals surface area contributed by atoms with Crippen LogP contribution in [0.5, 0.6) is 0 Å². The number of carbonyl (C=O) groups is 1. The number of carbonyl (C=O) groups excluding carboxylic acids is 1. The van der Waals surface area contributed by atoms with Gasteiger partial charge in [0.1, 0.15) is 11.6 Å². The number of hydrogen-bond donors (Lipinski definition) is 2. The van der Waals surface area contributed by atoms with E-state index in [1.54, 1.807) is 23.9 Å². The van der Waals surface area contributed by atoms with Crippen molar-refractivity contribution < 1.29 is 9.18 Å². The maximum atomic E-state index is 12.9. The second kappa shape index (κ2) is 8.92. The Bertz CT molecular complexity index is 1070. The van der Waals surface area contributed by atoms with Crippen molar-refractivity contribution in [2.75, 3.05) is 11.1 Å². The molecule has 6 heteroatoms. The van der Waals surface area contributed by atoms with Crippen LogP contribution in [0.15, 0.2) is 77.7 Å². The van der Waals surface area contributed by atoms with Crippen LogP contribution in [0.1, 0.15) is 12.8 Å². The van der Waals surface area contributed by atoms with E-state index in [-0.39, 0.29) is 11.7 Å². The van der Waals surface area contributed by atoms with Crippen LogP contribution in [0.2, 0.25) is 0 Å². The van der Waals surface area contributed by atoms with Crippen LogP contribution in [0.4, 0.5) is 10.1 Å². The van der Waals surface area contributed by atoms with Crippen LogP contribution in [0, 0.1) is 5.82 Å². The molecular weight excluding hydrogens is 385 g/mol. The molecule has 4 rings (SSSR count). The summed E-state index contributed by atoms with van der Waals surface area (Å²) in [6.45, 7) is 0. The lowest BCUT2D eigenvalue weighted by atomic mass is 10.2. The second-order valence-corrected chi connectivity index (χ2v) is 7.80. The molecule has 0 radical (unpaired) electrons. The van der Waals surface area contributed by atoms with Crippen LogP contribution in [-0.2, 0) is 4.79 Å². The molecule has 0 saturated heterocycles. The van der Waals surface area contributed by atoms with Gasteiger partial charge in [-0.25, -0.2) is 9.37 Å². The molecule has 4 nitrogen and oxygen atoms in total. The summed E-state index contributed by atoms with van der Waals surface area (Å²) < 4.78 is 12.9. The minimum Gasteiger partial charge on any atom is -0.338 e. The number of benzene rings is 3. The van der Waals surface area contributed by atoms with Crippen molar-refractivity contribution >= 4 is 34.4 Å². The lowest BCUT2D eigenvalue weighted by molar-refractivity contribution is -0.116. The molecule has 3 aromatic carbocycles. The Morgan fingerprint density at radius 3 is 2.52 bits per heavy atom. The zero-order valence-electron chi connectivity index (χ0n) is 15.7. The number of halogens is 1. The van der Waals surface area contributed by atoms with Gasteiger partial charge in [0.15, 0.2) is 0 Å². The van der Waals surface area contributed by atoms with Gasteiger partial charge in [0.2, 0.25) is 5.91 Å². The third kappa shape index (κ3) is 5.03. The molecule has 0 saturated carbocycles. The van der Waals surface area contributed by atoms with Gasteiger partial charge in [-0.2, -0.15) is 0 Å². The van der Waals surface area contributed by atoms with Gasteiger partial charge in [-0.15, -0.1) is 11.8 Å². The smallest absolute Gasteiger partial charge is 0.224 e. The van der Waals surface area contributed by atoms with Gasteiger partial charge in [0.25, 0.3) is 0 Å². The standard InChI is InChI=1S/C23H20FN3OS/c24-17-9-13-19(14-10-17)29-15-3-6-22(28)25-18-11-7-16(8-12-18)23-26-20-4-1-2-5-21(20)27-23/h1-2,4-5,7-14H,3,6,15H2,(H,25,28)(H,26,27). The Morgan fingerprint density at radius 2 is 1.76 bits per heavy atom. The molecule has 0 unspecified atom stereocenters. The molecule has 0 aliphatic rings. The number of aromatic nitrogens is 2. The number of para-hydroxylation sites is 2. The molecule has 0 spiro atoms. The van der Waals surface area contributed by atoms with E-state index in [0.29, 0.717) is 6.42 Å². The van der Waals surface area contributed by atoms with Gasteiger partial charge in [0, 0.05) is 22.6 Å². The zero-order valence-corrected chi connectivity index (χ0v) is 16.5. The molecule has 4 aromatic rings. The lowest BCUT2D eigenvalue weighted by Crippen LogP contribution is -2.11. The molecule has 0 fully saturated rings. The highest BCUT2D eigenvalue weighted by Gasteiger charge is 2.06. The zero-order chi connectivity index (χ0) is 20.1. The molecule has 0 aliphatic heterocycles. The van der Waals surface area contributed by atoms with Gasteiger partial charge in [-0.05, 0) is 72.8 Å². The number of rotatable bonds is 7. The number of aromatic amines is 1. The van der Waals surface area contributed by atoms with Gasteiger partial charge in [0.05, 0.1) is 11.0 Å². The topological polar surface area (TPSA) is 57.8 Å². The third-order valence-electron chi connectivity index (χ3n) is 4.46. The maximum absolute atomic E-state index is 12.9. The van der Waals surface area contributed by atoms with E-state index in [1.807, 2.05) is 48.5 Å². The van der Waals surface area contributed by atoms with E-state index in [1.165, 1.54) is 12.1 Å². The molecule has 1 heterocycles. The summed E-state index contributed by atoms with van der Waals surface area (Å²) >= 11 is 1.62. The molecule has 0 aliphatic carbocycles. The first-order valence-electron chi connectivity index (χ1n) is 9.41. The molecule has 146 valence electrons. The number of nitrogens with zero attached hydrogens (tertiary/aromatic N) is 1. The molecule has 29 heavy (non-hydrogen) atoms. The van der Waals surface area contributed by atoms with Crippen molar-refractivity contribution in [1.29, 1.82) is 0 Å². The van der Waals surface area contributed by atoms with E-state index >= 15 is 0 Å². The average molecular weight is 405 g/mol. The number of H-pyrrole nitrogens is 1. The number of hydrogen-bond acceptors (Lipinski definition) is 3. The normalized spacial score (nSPS) is 10.9. The first-order valence-corrected chi connectivity index (χ1v) is 10.4. The second-order valence-electron chi connectivity index (χ2n) is 6.63. The predicted octanol–water partition coefficient (Wildman–Crippen LogP) is 5.88. The summed E-state index contributed by atoms with van der Waals surface area (Å²) in [6, 6.07) is 22.0. The van der Waals surface area contributed by atoms with Crippen LogP contribution in [-0.4, -0.2) is 21.6 Å². The fourth-order valence-corrected chi connectivity index (χ4v) is 3.83. The van der Waals surface area contributed by atoms with E-state index in [4.69, 9.17) is 0 Å². The summed E-state index contributed by atoms with van der Waals surface area (Å²) in [6.07, 6.45) is 1.20. The molecule has 1 aromatic heterocycles. The first kappa shape index (κ1) is 19.2. The molecule has 0 atom stereocenters. The highest BCUT2D eigenvalue weighted by molar-refractivity contribution is 7.99. The molecular formula is C23H20FN3OS. The Balaban J connectivity index is 1.27. The van der Waals surface area contributed by atoms with Crippen LogP contribution < -0.4 is 5.32 Å². The fourth-order valence-electron chi connectivity index (χ4n) is 2.98. The van der Waals surface area contributed by atoms with Crippen molar-refractivity contribution in [3.63, 3.8) is 0 Å². The SMILES string of the molecule is O=C(CCCSc1ccc(F)cc1)Nc1ccc(-c2nc3ccccc3[nH]2)cc1. The number of fused-ring (bicyclic) bond motifs is 1. The van der Waals surface area contributed by atoms with Crippen molar-refractivity contribution in [3.8, 4) is 11.4 Å². The molecule has 2 N–H and O–H groups in total. The monoisotopic (exact) mass is 405 g/mol. The largest absolute Gasteiger partial charge is 0.338 e. The Labute approximate surface area is 172 Å². The Hall–Kier alpha value is -3.12. The van der Waals surface area contributed by atoms with Crippen LogP contribution >= 0.6 is 11.8 Å². The fraction of sp³-hybridized carbons (Fsp3) is 0.130. The van der Waals surface area contributed by atoms with E-state index in [9.17, 15) is 9.18 Å². The predicted molar refractivity (Wildman–Crippen MR) is 117 cm³/mol. The summed E-state index contributed by atoms with van der Waals surface area (Å²) in [5.41, 5.74) is 3.66. The summed E-state index contributed by atoms with van der Waals surface area (Å²) in [5, 5.41) is 2.92. The third-order valence-corrected chi connectivity index (χ3v) is 5.56. The van der Waals surface area contributed by atoms with Crippen molar-refractivity contribution in [1.82, 2.24) is 9.97 Å². The van der Waals surface area contributed by atoms with Gasteiger partial charge in [-0.3, -0.25) is 4.79 Å². The minimum absolute atomic E-state index is 0.0128. The highest BCUT2D eigenvalue weighted by Crippen LogP contribution is 2.23. The van der Waals surface area contributed by atoms with Crippen molar-refractivity contribution in [2.24, 2.45) is 0 Å². The lowest BCUT2D eigenvalue weighted by Gasteiger charge is -2.06. The van der Waals surface area contributed by atoms with Crippen LogP contribution in [0.25, 0.3) is 22.4 Å². The molecule has 0 bridgehead atoms. The number of nitrogens with one attached hydrogen (secondary N) is 2. The Kier molecular flexibility index (Phi) is 5.91. The van der Waals surface area contributed by atoms with Crippen molar-refractivity contribution in [3.05, 3.63) is 78.6 Å². The average Bonchev–Trinajstić information content (AvgIpc) is 3.17. The van der Waals surface area contributed by atoms with Gasteiger partial charge in [-0.1, -0.05) is 12.1 Å². The highest BCUT2D eigenvalue weighted by atomic mass is 32.2. The number of thioether (sulfide) groups is 1. The summed E-state index contributed by atoms with van der Waals surface area (Å²) in [7, 11) is 0. The van der Waals surface area contributed by atoms with E-state index < -0.39 is 0 Å². The maximum Gasteiger partial charge on any atom is 0.224 e. The first-order chi connectivity index (χ1) is 14.2. The van der Waals surface area contributed by atoms with E-state index in [0.717, 1.165) is 45.2 Å². The minimum atomic E-state index is -0.236. The van der Waals surface area contributed by atoms with E-state index in [2.05, 4.69) is 15.3 Å². The van der Waals surface area contributed by atoms with Gasteiger partial charge >= 0.3 is 0 Å². The number of amides is 1. The number of imidazole rings is 1. The van der Waals surface area contributed by atoms with Crippen LogP contribution in [0.3, 0.4) is 0 Å². The Morgan fingerprint density at radius 1 is 1.00 bits per heavy atom. The van der Waals surface area contributed by atoms with Crippen molar-refractivity contribution in [2.45, 2.75) is 17.7 Å².